The molecule has 0 aromatic heterocycles. The van der Waals surface area contributed by atoms with Gasteiger partial charge in [-0.2, -0.15) is 0 Å². The lowest BCUT2D eigenvalue weighted by Gasteiger charge is -2.35. The highest BCUT2D eigenvalue weighted by molar-refractivity contribution is 4.87. The van der Waals surface area contributed by atoms with E-state index >= 15 is 0 Å². The van der Waals surface area contributed by atoms with Gasteiger partial charge in [0, 0.05) is 6.54 Å². The molecule has 1 aliphatic heterocycles. The molecule has 3 nitrogen and oxygen atoms in total. The number of morpholine rings is 1. The van der Waals surface area contributed by atoms with Crippen LogP contribution in [0.25, 0.3) is 0 Å². The maximum atomic E-state index is 9.00. The highest BCUT2D eigenvalue weighted by atomic mass is 16.5. The van der Waals surface area contributed by atoms with E-state index in [1.165, 1.54) is 0 Å². The zero-order chi connectivity index (χ0) is 7.45. The number of hydrogen-bond donors (Lipinski definition) is 2. The Labute approximate surface area is 61.4 Å². The Morgan fingerprint density at radius 2 is 2.50 bits per heavy atom. The van der Waals surface area contributed by atoms with Crippen molar-refractivity contribution in [2.45, 2.75) is 18.9 Å². The number of aliphatic hydroxyl groups is 1. The highest BCUT2D eigenvalue weighted by Crippen LogP contribution is 2.12. The largest absolute Gasteiger partial charge is 0.394 e. The fraction of sp³-hybridized carbons (Fsp3) is 1.00. The monoisotopic (exact) mass is 145 g/mol. The average Bonchev–Trinajstić information content (AvgIpc) is 2.06. The predicted molar refractivity (Wildman–Crippen MR) is 38.9 cm³/mol. The maximum absolute atomic E-state index is 9.00. The molecule has 0 radical (unpaired) electrons. The summed E-state index contributed by atoms with van der Waals surface area (Å²) in [4.78, 5) is 0. The molecule has 0 aromatic carbocycles. The number of nitrogens with one attached hydrogen (secondary N) is 1. The molecule has 1 aliphatic rings. The second kappa shape index (κ2) is 3.32. The molecule has 1 rings (SSSR count). The number of rotatable bonds is 2. The van der Waals surface area contributed by atoms with Gasteiger partial charge >= 0.3 is 0 Å². The van der Waals surface area contributed by atoms with Crippen molar-refractivity contribution in [2.75, 3.05) is 26.4 Å². The van der Waals surface area contributed by atoms with Gasteiger partial charge in [0.2, 0.25) is 0 Å². The van der Waals surface area contributed by atoms with Crippen LogP contribution in [0.3, 0.4) is 0 Å². The SMILES string of the molecule is CCC1(CO)COCCN1. The molecule has 0 bridgehead atoms. The average molecular weight is 145 g/mol. The first-order valence-electron chi connectivity index (χ1n) is 3.76. The summed E-state index contributed by atoms with van der Waals surface area (Å²) >= 11 is 0. The molecule has 1 atom stereocenters. The minimum atomic E-state index is -0.155. The summed E-state index contributed by atoms with van der Waals surface area (Å²) in [5, 5.41) is 12.3. The molecular formula is C7H15NO2. The second-order valence-corrected chi connectivity index (χ2v) is 2.77. The normalized spacial score (nSPS) is 34.2. The van der Waals surface area contributed by atoms with Crippen LogP contribution in [-0.2, 0) is 4.74 Å². The van der Waals surface area contributed by atoms with Gasteiger partial charge in [0.25, 0.3) is 0 Å². The molecule has 1 fully saturated rings. The standard InChI is InChI=1S/C7H15NO2/c1-2-7(5-9)6-10-4-3-8-7/h8-9H,2-6H2,1H3. The first-order chi connectivity index (χ1) is 4.83. The topological polar surface area (TPSA) is 41.5 Å². The van der Waals surface area contributed by atoms with Crippen molar-refractivity contribution in [1.82, 2.24) is 5.32 Å². The lowest BCUT2D eigenvalue weighted by molar-refractivity contribution is -0.00264. The van der Waals surface area contributed by atoms with Crippen molar-refractivity contribution in [3.63, 3.8) is 0 Å². The van der Waals surface area contributed by atoms with Crippen molar-refractivity contribution >= 4 is 0 Å². The van der Waals surface area contributed by atoms with E-state index in [1.807, 2.05) is 0 Å². The van der Waals surface area contributed by atoms with Crippen molar-refractivity contribution in [3.8, 4) is 0 Å². The van der Waals surface area contributed by atoms with Gasteiger partial charge in [-0.1, -0.05) is 6.92 Å². The van der Waals surface area contributed by atoms with Gasteiger partial charge in [0.1, 0.15) is 0 Å². The molecule has 0 aliphatic carbocycles. The van der Waals surface area contributed by atoms with Crippen molar-refractivity contribution in [3.05, 3.63) is 0 Å². The summed E-state index contributed by atoms with van der Waals surface area (Å²) in [6.07, 6.45) is 0.920. The van der Waals surface area contributed by atoms with Crippen LogP contribution in [0.15, 0.2) is 0 Å². The van der Waals surface area contributed by atoms with Gasteiger partial charge in [0.05, 0.1) is 25.4 Å². The summed E-state index contributed by atoms with van der Waals surface area (Å²) in [6, 6.07) is 0. The third-order valence-corrected chi connectivity index (χ3v) is 2.10. The summed E-state index contributed by atoms with van der Waals surface area (Å²) in [6.45, 7) is 4.48. The van der Waals surface area contributed by atoms with Crippen molar-refractivity contribution in [1.29, 1.82) is 0 Å². The predicted octanol–water partition coefficient (Wildman–Crippen LogP) is -0.253. The van der Waals surface area contributed by atoms with E-state index in [2.05, 4.69) is 12.2 Å². The lowest BCUT2D eigenvalue weighted by atomic mass is 9.97. The number of aliphatic hydroxyl groups excluding tert-OH is 1. The van der Waals surface area contributed by atoms with Gasteiger partial charge in [-0.15, -0.1) is 0 Å². The van der Waals surface area contributed by atoms with Crippen LogP contribution in [0.4, 0.5) is 0 Å². The molecule has 1 unspecified atom stereocenters. The third kappa shape index (κ3) is 1.48. The van der Waals surface area contributed by atoms with Crippen molar-refractivity contribution in [2.24, 2.45) is 0 Å². The molecule has 1 heterocycles. The van der Waals surface area contributed by atoms with Gasteiger partial charge < -0.3 is 15.2 Å². The molecule has 2 N–H and O–H groups in total. The highest BCUT2D eigenvalue weighted by Gasteiger charge is 2.29. The Morgan fingerprint density at radius 3 is 2.80 bits per heavy atom. The van der Waals surface area contributed by atoms with Crippen LogP contribution in [-0.4, -0.2) is 37.0 Å². The molecular weight excluding hydrogens is 130 g/mol. The maximum Gasteiger partial charge on any atom is 0.0671 e. The summed E-state index contributed by atoms with van der Waals surface area (Å²) < 4.78 is 5.24. The first-order valence-corrected chi connectivity index (χ1v) is 3.76. The molecule has 10 heavy (non-hydrogen) atoms. The molecule has 0 spiro atoms. The fourth-order valence-electron chi connectivity index (χ4n) is 1.15. The second-order valence-electron chi connectivity index (χ2n) is 2.77. The molecule has 0 aromatic rings. The number of ether oxygens (including phenoxy) is 1. The smallest absolute Gasteiger partial charge is 0.0671 e. The zero-order valence-electron chi connectivity index (χ0n) is 6.39. The molecule has 0 saturated carbocycles. The van der Waals surface area contributed by atoms with Gasteiger partial charge in [-0.3, -0.25) is 0 Å². The van der Waals surface area contributed by atoms with E-state index in [-0.39, 0.29) is 12.1 Å². The molecule has 1 saturated heterocycles. The van der Waals surface area contributed by atoms with Crippen molar-refractivity contribution < 1.29 is 9.84 Å². The minimum Gasteiger partial charge on any atom is -0.394 e. The van der Waals surface area contributed by atoms with Gasteiger partial charge in [0.15, 0.2) is 0 Å². The van der Waals surface area contributed by atoms with E-state index in [4.69, 9.17) is 9.84 Å². The Kier molecular flexibility index (Phi) is 2.65. The van der Waals surface area contributed by atoms with Gasteiger partial charge in [-0.05, 0) is 6.42 Å². The van der Waals surface area contributed by atoms with Crippen LogP contribution in [0, 0.1) is 0 Å². The van der Waals surface area contributed by atoms with Crippen LogP contribution >= 0.6 is 0 Å². The van der Waals surface area contributed by atoms with Crippen LogP contribution in [0.1, 0.15) is 13.3 Å². The summed E-state index contributed by atoms with van der Waals surface area (Å²) in [5.74, 6) is 0. The Balaban J connectivity index is 2.44. The van der Waals surface area contributed by atoms with Crippen LogP contribution < -0.4 is 5.32 Å². The lowest BCUT2D eigenvalue weighted by Crippen LogP contribution is -2.56. The zero-order valence-corrected chi connectivity index (χ0v) is 6.39. The van der Waals surface area contributed by atoms with E-state index in [1.54, 1.807) is 0 Å². The third-order valence-electron chi connectivity index (χ3n) is 2.10. The van der Waals surface area contributed by atoms with E-state index < -0.39 is 0 Å². The minimum absolute atomic E-state index is 0.155. The molecule has 0 amide bonds. The number of hydrogen-bond acceptors (Lipinski definition) is 3. The summed E-state index contributed by atoms with van der Waals surface area (Å²) in [7, 11) is 0. The fourth-order valence-corrected chi connectivity index (χ4v) is 1.15. The van der Waals surface area contributed by atoms with E-state index in [0.717, 1.165) is 19.6 Å². The summed E-state index contributed by atoms with van der Waals surface area (Å²) in [5.41, 5.74) is -0.155. The quantitative estimate of drug-likeness (QED) is 0.563. The Hall–Kier alpha value is -0.120. The van der Waals surface area contributed by atoms with Crippen LogP contribution in [0.2, 0.25) is 0 Å². The van der Waals surface area contributed by atoms with Gasteiger partial charge in [-0.25, -0.2) is 0 Å². The Morgan fingerprint density at radius 1 is 1.70 bits per heavy atom. The van der Waals surface area contributed by atoms with E-state index in [0.29, 0.717) is 6.61 Å². The van der Waals surface area contributed by atoms with Crippen LogP contribution in [0.5, 0.6) is 0 Å². The van der Waals surface area contributed by atoms with E-state index in [9.17, 15) is 0 Å². The first kappa shape index (κ1) is 7.98. The molecule has 60 valence electrons. The molecule has 3 heteroatoms. The Bertz CT molecular complexity index is 93.8.